The van der Waals surface area contributed by atoms with E-state index in [1.807, 2.05) is 25.1 Å². The van der Waals surface area contributed by atoms with Crippen molar-refractivity contribution in [3.8, 4) is 5.75 Å². The number of methoxy groups -OCH3 is 1. The van der Waals surface area contributed by atoms with Crippen LogP contribution >= 0.6 is 0 Å². The smallest absolute Gasteiger partial charge is 0.243 e. The maximum atomic E-state index is 12.7. The van der Waals surface area contributed by atoms with Crippen molar-refractivity contribution in [2.45, 2.75) is 31.2 Å². The summed E-state index contributed by atoms with van der Waals surface area (Å²) >= 11 is 0. The number of aryl methyl sites for hydroxylation is 1. The Kier molecular flexibility index (Phi) is 8.10. The molecule has 1 fully saturated rings. The molecule has 0 atom stereocenters. The summed E-state index contributed by atoms with van der Waals surface area (Å²) < 4.78 is 32.2. The Balaban J connectivity index is 1.48. The Bertz CT molecular complexity index is 1080. The number of piperazine rings is 1. The molecule has 178 valence electrons. The highest BCUT2D eigenvalue weighted by Crippen LogP contribution is 2.22. The Morgan fingerprint density at radius 1 is 1.00 bits per heavy atom. The lowest BCUT2D eigenvalue weighted by Crippen LogP contribution is -2.50. The van der Waals surface area contributed by atoms with Crippen molar-refractivity contribution in [3.63, 3.8) is 0 Å². The summed E-state index contributed by atoms with van der Waals surface area (Å²) in [5.74, 6) is 0.457. The van der Waals surface area contributed by atoms with E-state index in [4.69, 9.17) is 4.74 Å². The molecular weight excluding hydrogens is 442 g/mol. The van der Waals surface area contributed by atoms with Crippen LogP contribution in [0.1, 0.15) is 24.0 Å². The van der Waals surface area contributed by atoms with Gasteiger partial charge >= 0.3 is 0 Å². The molecule has 1 aliphatic heterocycles. The van der Waals surface area contributed by atoms with Crippen LogP contribution in [-0.4, -0.2) is 74.7 Å². The molecule has 1 heterocycles. The first-order valence-electron chi connectivity index (χ1n) is 10.9. The van der Waals surface area contributed by atoms with E-state index in [9.17, 15) is 18.0 Å². The average molecular weight is 474 g/mol. The van der Waals surface area contributed by atoms with E-state index < -0.39 is 10.0 Å². The highest BCUT2D eigenvalue weighted by Gasteiger charge is 2.30. The molecule has 0 aliphatic carbocycles. The normalized spacial score (nSPS) is 14.7. The molecule has 33 heavy (non-hydrogen) atoms. The van der Waals surface area contributed by atoms with Crippen LogP contribution in [0.15, 0.2) is 53.4 Å². The van der Waals surface area contributed by atoms with Gasteiger partial charge < -0.3 is 14.5 Å². The topological polar surface area (TPSA) is 87.2 Å². The quantitative estimate of drug-likeness (QED) is 0.587. The van der Waals surface area contributed by atoms with Gasteiger partial charge in [0.1, 0.15) is 5.75 Å². The first kappa shape index (κ1) is 24.7. The van der Waals surface area contributed by atoms with Crippen molar-refractivity contribution in [2.75, 3.05) is 40.3 Å². The monoisotopic (exact) mass is 473 g/mol. The molecule has 0 saturated carbocycles. The van der Waals surface area contributed by atoms with Crippen molar-refractivity contribution in [3.05, 3.63) is 59.7 Å². The SMILES string of the molecule is COc1ccc(C)cc1CN(C)C(=O)CCC(=O)N1CCN(S(=O)(=O)c2ccccc2)CC1. The largest absolute Gasteiger partial charge is 0.496 e. The third kappa shape index (κ3) is 6.11. The summed E-state index contributed by atoms with van der Waals surface area (Å²) in [6.45, 7) is 3.49. The molecule has 1 saturated heterocycles. The number of hydrogen-bond acceptors (Lipinski definition) is 5. The molecule has 9 heteroatoms. The molecule has 1 aliphatic rings. The molecule has 2 amide bonds. The summed E-state index contributed by atoms with van der Waals surface area (Å²) in [5.41, 5.74) is 1.99. The van der Waals surface area contributed by atoms with Crippen LogP contribution < -0.4 is 4.74 Å². The standard InChI is InChI=1S/C24H31N3O5S/c1-19-9-10-22(32-3)20(17-19)18-25(2)23(28)11-12-24(29)26-13-15-27(16-14-26)33(30,31)21-7-5-4-6-8-21/h4-10,17H,11-16,18H2,1-3H3. The Hall–Kier alpha value is -2.91. The van der Waals surface area contributed by atoms with Gasteiger partial charge in [-0.3, -0.25) is 9.59 Å². The van der Waals surface area contributed by atoms with Crippen molar-refractivity contribution >= 4 is 21.8 Å². The molecule has 0 spiro atoms. The van der Waals surface area contributed by atoms with Crippen LogP contribution in [-0.2, 0) is 26.2 Å². The third-order valence-electron chi connectivity index (χ3n) is 5.79. The van der Waals surface area contributed by atoms with E-state index in [1.165, 1.54) is 4.31 Å². The summed E-state index contributed by atoms with van der Waals surface area (Å²) in [6, 6.07) is 14.1. The molecule has 0 N–H and O–H groups in total. The zero-order valence-corrected chi connectivity index (χ0v) is 20.2. The number of ether oxygens (including phenoxy) is 1. The lowest BCUT2D eigenvalue weighted by atomic mass is 10.1. The number of hydrogen-bond donors (Lipinski definition) is 0. The first-order valence-corrected chi connectivity index (χ1v) is 12.4. The van der Waals surface area contributed by atoms with Gasteiger partial charge in [-0.15, -0.1) is 0 Å². The number of carbonyl (C=O) groups is 2. The van der Waals surface area contributed by atoms with E-state index in [2.05, 4.69) is 0 Å². The van der Waals surface area contributed by atoms with Gasteiger partial charge in [0.05, 0.1) is 12.0 Å². The molecule has 0 radical (unpaired) electrons. The van der Waals surface area contributed by atoms with Crippen molar-refractivity contribution < 1.29 is 22.7 Å². The second kappa shape index (κ2) is 10.8. The van der Waals surface area contributed by atoms with Gasteiger partial charge in [-0.25, -0.2) is 8.42 Å². The van der Waals surface area contributed by atoms with Crippen LogP contribution in [0.3, 0.4) is 0 Å². The van der Waals surface area contributed by atoms with Crippen LogP contribution in [0.4, 0.5) is 0 Å². The number of rotatable bonds is 8. The van der Waals surface area contributed by atoms with Gasteiger partial charge in [0.2, 0.25) is 21.8 Å². The molecule has 2 aromatic carbocycles. The maximum Gasteiger partial charge on any atom is 0.243 e. The van der Waals surface area contributed by atoms with Crippen molar-refractivity contribution in [2.24, 2.45) is 0 Å². The maximum absolute atomic E-state index is 12.7. The summed E-state index contributed by atoms with van der Waals surface area (Å²) in [6.07, 6.45) is 0.200. The lowest BCUT2D eigenvalue weighted by molar-refractivity contribution is -0.137. The number of amides is 2. The van der Waals surface area contributed by atoms with E-state index in [0.29, 0.717) is 19.6 Å². The van der Waals surface area contributed by atoms with E-state index in [0.717, 1.165) is 16.9 Å². The van der Waals surface area contributed by atoms with Crippen molar-refractivity contribution in [1.82, 2.24) is 14.1 Å². The minimum absolute atomic E-state index is 0.0968. The first-order chi connectivity index (χ1) is 15.7. The number of nitrogens with zero attached hydrogens (tertiary/aromatic N) is 3. The Morgan fingerprint density at radius 2 is 1.67 bits per heavy atom. The molecular formula is C24H31N3O5S. The predicted octanol–water partition coefficient (Wildman–Crippen LogP) is 2.28. The summed E-state index contributed by atoms with van der Waals surface area (Å²) in [7, 11) is -0.256. The third-order valence-corrected chi connectivity index (χ3v) is 7.71. The highest BCUT2D eigenvalue weighted by atomic mass is 32.2. The fraction of sp³-hybridized carbons (Fsp3) is 0.417. The fourth-order valence-corrected chi connectivity index (χ4v) is 5.30. The Labute approximate surface area is 195 Å². The average Bonchev–Trinajstić information content (AvgIpc) is 2.83. The van der Waals surface area contributed by atoms with Gasteiger partial charge in [0.25, 0.3) is 0 Å². The highest BCUT2D eigenvalue weighted by molar-refractivity contribution is 7.89. The zero-order valence-electron chi connectivity index (χ0n) is 19.4. The van der Waals surface area contributed by atoms with Gasteiger partial charge in [-0.1, -0.05) is 35.9 Å². The summed E-state index contributed by atoms with van der Waals surface area (Å²) in [4.78, 5) is 28.7. The summed E-state index contributed by atoms with van der Waals surface area (Å²) in [5, 5.41) is 0. The minimum atomic E-state index is -3.56. The molecule has 2 aromatic rings. The predicted molar refractivity (Wildman–Crippen MR) is 125 cm³/mol. The Morgan fingerprint density at radius 3 is 2.30 bits per heavy atom. The zero-order chi connectivity index (χ0) is 24.0. The molecule has 8 nitrogen and oxygen atoms in total. The molecule has 0 unspecified atom stereocenters. The number of carbonyl (C=O) groups excluding carboxylic acids is 2. The molecule has 0 bridgehead atoms. The van der Waals surface area contributed by atoms with Crippen molar-refractivity contribution in [1.29, 1.82) is 0 Å². The van der Waals surface area contributed by atoms with Crippen LogP contribution in [0.5, 0.6) is 5.75 Å². The second-order valence-corrected chi connectivity index (χ2v) is 10.1. The molecule has 0 aromatic heterocycles. The van der Waals surface area contributed by atoms with E-state index in [-0.39, 0.29) is 42.6 Å². The van der Waals surface area contributed by atoms with Gasteiger partial charge in [-0.05, 0) is 25.1 Å². The van der Waals surface area contributed by atoms with E-state index >= 15 is 0 Å². The number of sulfonamides is 1. The van der Waals surface area contributed by atoms with Gasteiger partial charge in [0.15, 0.2) is 0 Å². The van der Waals surface area contributed by atoms with E-state index in [1.54, 1.807) is 54.3 Å². The minimum Gasteiger partial charge on any atom is -0.496 e. The van der Waals surface area contributed by atoms with Crippen LogP contribution in [0.2, 0.25) is 0 Å². The van der Waals surface area contributed by atoms with Crippen LogP contribution in [0.25, 0.3) is 0 Å². The molecule has 3 rings (SSSR count). The van der Waals surface area contributed by atoms with Crippen LogP contribution in [0, 0.1) is 6.92 Å². The fourth-order valence-electron chi connectivity index (χ4n) is 3.86. The lowest BCUT2D eigenvalue weighted by Gasteiger charge is -2.34. The van der Waals surface area contributed by atoms with Gasteiger partial charge in [0, 0.05) is 58.2 Å². The van der Waals surface area contributed by atoms with Gasteiger partial charge in [-0.2, -0.15) is 4.31 Å². The second-order valence-electron chi connectivity index (χ2n) is 8.16. The number of benzene rings is 2.